The summed E-state index contributed by atoms with van der Waals surface area (Å²) in [6.45, 7) is 4.01. The monoisotopic (exact) mass is 274 g/mol. The van der Waals surface area contributed by atoms with E-state index >= 15 is 0 Å². The Morgan fingerprint density at radius 2 is 2.29 bits per heavy atom. The lowest BCUT2D eigenvalue weighted by molar-refractivity contribution is -0.122. The van der Waals surface area contributed by atoms with Crippen LogP contribution in [-0.2, 0) is 4.79 Å². The third-order valence-corrected chi connectivity index (χ3v) is 3.92. The smallest absolute Gasteiger partial charge is 0.222 e. The van der Waals surface area contributed by atoms with Crippen molar-refractivity contribution in [3.63, 3.8) is 0 Å². The summed E-state index contributed by atoms with van der Waals surface area (Å²) in [4.78, 5) is 12.8. The fourth-order valence-electron chi connectivity index (χ4n) is 1.64. The van der Waals surface area contributed by atoms with Crippen molar-refractivity contribution < 1.29 is 4.79 Å². The zero-order valence-electron chi connectivity index (χ0n) is 10.2. The molecule has 1 aromatic heterocycles. The third-order valence-electron chi connectivity index (χ3n) is 2.51. The predicted molar refractivity (Wildman–Crippen MR) is 73.4 cm³/mol. The Hall–Kier alpha value is -0.580. The lowest BCUT2D eigenvalue weighted by Gasteiger charge is -2.14. The van der Waals surface area contributed by atoms with Gasteiger partial charge >= 0.3 is 0 Å². The van der Waals surface area contributed by atoms with E-state index < -0.39 is 0 Å². The van der Waals surface area contributed by atoms with Gasteiger partial charge in [-0.2, -0.15) is 0 Å². The van der Waals surface area contributed by atoms with Crippen LogP contribution in [0.3, 0.4) is 0 Å². The Morgan fingerprint density at radius 1 is 1.59 bits per heavy atom. The van der Waals surface area contributed by atoms with Crippen LogP contribution in [0.25, 0.3) is 0 Å². The molecule has 3 nitrogen and oxygen atoms in total. The molecule has 96 valence electrons. The van der Waals surface area contributed by atoms with Crippen LogP contribution in [0.15, 0.2) is 12.1 Å². The number of halogens is 1. The lowest BCUT2D eigenvalue weighted by Crippen LogP contribution is -2.32. The molecule has 0 saturated carbocycles. The number of carbonyl (C=O) groups is 1. The molecule has 0 aromatic carbocycles. The van der Waals surface area contributed by atoms with E-state index in [4.69, 9.17) is 17.3 Å². The Labute approximate surface area is 111 Å². The molecule has 1 aromatic rings. The van der Waals surface area contributed by atoms with Gasteiger partial charge in [0.1, 0.15) is 0 Å². The number of thiophene rings is 1. The first-order valence-corrected chi connectivity index (χ1v) is 7.02. The van der Waals surface area contributed by atoms with Crippen LogP contribution in [0, 0.1) is 0 Å². The van der Waals surface area contributed by atoms with E-state index in [1.807, 2.05) is 19.1 Å². The molecule has 0 radical (unpaired) electrons. The van der Waals surface area contributed by atoms with Crippen molar-refractivity contribution in [3.8, 4) is 0 Å². The molecular formula is C12H19ClN2OS. The molecular weight excluding hydrogens is 256 g/mol. The van der Waals surface area contributed by atoms with E-state index in [2.05, 4.69) is 12.2 Å². The lowest BCUT2D eigenvalue weighted by atomic mass is 10.1. The quantitative estimate of drug-likeness (QED) is 0.837. The van der Waals surface area contributed by atoms with E-state index in [9.17, 15) is 4.79 Å². The molecule has 2 unspecified atom stereocenters. The highest BCUT2D eigenvalue weighted by Crippen LogP contribution is 2.26. The molecule has 0 aliphatic heterocycles. The highest BCUT2D eigenvalue weighted by atomic mass is 35.5. The maximum Gasteiger partial charge on any atom is 0.222 e. The van der Waals surface area contributed by atoms with Gasteiger partial charge in [0.05, 0.1) is 10.4 Å². The van der Waals surface area contributed by atoms with Gasteiger partial charge in [-0.05, 0) is 25.5 Å². The number of nitrogens with one attached hydrogen (secondary N) is 1. The van der Waals surface area contributed by atoms with E-state index in [1.165, 1.54) is 11.3 Å². The molecule has 0 saturated heterocycles. The van der Waals surface area contributed by atoms with Crippen molar-refractivity contribution in [1.82, 2.24) is 5.32 Å². The van der Waals surface area contributed by atoms with Crippen LogP contribution in [0.4, 0.5) is 0 Å². The summed E-state index contributed by atoms with van der Waals surface area (Å²) in [5, 5.41) is 2.93. The van der Waals surface area contributed by atoms with Crippen molar-refractivity contribution in [2.45, 2.75) is 45.2 Å². The minimum absolute atomic E-state index is 0.00275. The molecule has 3 N–H and O–H groups in total. The number of carbonyl (C=O) groups excluding carboxylic acids is 1. The van der Waals surface area contributed by atoms with Gasteiger partial charge in [0.15, 0.2) is 0 Å². The van der Waals surface area contributed by atoms with Crippen LogP contribution in [0.5, 0.6) is 0 Å². The third kappa shape index (κ3) is 5.06. The predicted octanol–water partition coefficient (Wildman–Crippen LogP) is 3.10. The highest BCUT2D eigenvalue weighted by Gasteiger charge is 2.13. The topological polar surface area (TPSA) is 55.1 Å². The van der Waals surface area contributed by atoms with Crippen molar-refractivity contribution in [2.75, 3.05) is 0 Å². The molecule has 1 heterocycles. The van der Waals surface area contributed by atoms with Gasteiger partial charge in [0, 0.05) is 17.3 Å². The second-order valence-electron chi connectivity index (χ2n) is 4.18. The van der Waals surface area contributed by atoms with Crippen LogP contribution in [-0.4, -0.2) is 11.9 Å². The first kappa shape index (κ1) is 14.5. The minimum atomic E-state index is -0.0425. The van der Waals surface area contributed by atoms with Crippen LogP contribution in [0.1, 0.15) is 44.0 Å². The molecule has 17 heavy (non-hydrogen) atoms. The van der Waals surface area contributed by atoms with Gasteiger partial charge < -0.3 is 11.1 Å². The summed E-state index contributed by atoms with van der Waals surface area (Å²) < 4.78 is 0.740. The number of hydrogen-bond acceptors (Lipinski definition) is 3. The average Bonchev–Trinajstić information content (AvgIpc) is 2.64. The van der Waals surface area contributed by atoms with E-state index in [0.29, 0.717) is 6.42 Å². The maximum absolute atomic E-state index is 11.7. The van der Waals surface area contributed by atoms with Gasteiger partial charge in [-0.3, -0.25) is 4.79 Å². The Balaban J connectivity index is 2.40. The van der Waals surface area contributed by atoms with Crippen LogP contribution >= 0.6 is 22.9 Å². The van der Waals surface area contributed by atoms with Crippen molar-refractivity contribution in [2.24, 2.45) is 5.73 Å². The Kier molecular flexibility index (Phi) is 5.95. The first-order valence-electron chi connectivity index (χ1n) is 5.83. The number of rotatable bonds is 6. The van der Waals surface area contributed by atoms with Gasteiger partial charge in [-0.25, -0.2) is 0 Å². The SMILES string of the molecule is CCCC(N)CC(=O)NC(C)c1ccc(Cl)s1. The Morgan fingerprint density at radius 3 is 2.82 bits per heavy atom. The fraction of sp³-hybridized carbons (Fsp3) is 0.583. The second kappa shape index (κ2) is 6.99. The summed E-state index contributed by atoms with van der Waals surface area (Å²) in [5.41, 5.74) is 5.82. The van der Waals surface area contributed by atoms with Crippen LogP contribution in [0.2, 0.25) is 4.34 Å². The van der Waals surface area contributed by atoms with Crippen LogP contribution < -0.4 is 11.1 Å². The number of amides is 1. The summed E-state index contributed by atoms with van der Waals surface area (Å²) in [7, 11) is 0. The molecule has 0 bridgehead atoms. The highest BCUT2D eigenvalue weighted by molar-refractivity contribution is 7.16. The normalized spacial score (nSPS) is 14.4. The van der Waals surface area contributed by atoms with E-state index in [1.54, 1.807) is 0 Å². The number of nitrogens with two attached hydrogens (primary N) is 1. The average molecular weight is 275 g/mol. The van der Waals surface area contributed by atoms with Crippen molar-refractivity contribution in [3.05, 3.63) is 21.3 Å². The van der Waals surface area contributed by atoms with Gasteiger partial charge in [-0.15, -0.1) is 11.3 Å². The van der Waals surface area contributed by atoms with Crippen molar-refractivity contribution >= 4 is 28.8 Å². The summed E-state index contributed by atoms with van der Waals surface area (Å²) in [5.74, 6) is 0.00275. The van der Waals surface area contributed by atoms with Gasteiger partial charge in [0.25, 0.3) is 0 Å². The molecule has 2 atom stereocenters. The first-order chi connectivity index (χ1) is 8.02. The molecule has 0 fully saturated rings. The summed E-state index contributed by atoms with van der Waals surface area (Å²) >= 11 is 7.34. The molecule has 5 heteroatoms. The maximum atomic E-state index is 11.7. The molecule has 0 aliphatic carbocycles. The Bertz CT molecular complexity index is 367. The second-order valence-corrected chi connectivity index (χ2v) is 5.93. The number of hydrogen-bond donors (Lipinski definition) is 2. The molecule has 1 amide bonds. The molecule has 0 spiro atoms. The summed E-state index contributed by atoms with van der Waals surface area (Å²) in [6.07, 6.45) is 2.27. The van der Waals surface area contributed by atoms with E-state index in [-0.39, 0.29) is 18.0 Å². The standard InChI is InChI=1S/C12H19ClN2OS/c1-3-4-9(14)7-12(16)15-8(2)10-5-6-11(13)17-10/h5-6,8-9H,3-4,7,14H2,1-2H3,(H,15,16). The zero-order chi connectivity index (χ0) is 12.8. The van der Waals surface area contributed by atoms with E-state index in [0.717, 1.165) is 22.1 Å². The molecule has 0 aliphatic rings. The molecule has 1 rings (SSSR count). The van der Waals surface area contributed by atoms with Crippen molar-refractivity contribution in [1.29, 1.82) is 0 Å². The largest absolute Gasteiger partial charge is 0.349 e. The minimum Gasteiger partial charge on any atom is -0.349 e. The van der Waals surface area contributed by atoms with Gasteiger partial charge in [0.2, 0.25) is 5.91 Å². The zero-order valence-corrected chi connectivity index (χ0v) is 11.8. The summed E-state index contributed by atoms with van der Waals surface area (Å²) in [6, 6.07) is 3.73. The fourth-order valence-corrected chi connectivity index (χ4v) is 2.71. The van der Waals surface area contributed by atoms with Gasteiger partial charge in [-0.1, -0.05) is 24.9 Å².